The highest BCUT2D eigenvalue weighted by molar-refractivity contribution is 6.29. The molecule has 8 nitrogen and oxygen atoms in total. The molecule has 0 spiro atoms. The van der Waals surface area contributed by atoms with Gasteiger partial charge in [0.25, 0.3) is 0 Å². The lowest BCUT2D eigenvalue weighted by Crippen LogP contribution is -2.39. The van der Waals surface area contributed by atoms with Crippen LogP contribution in [0.15, 0.2) is 6.07 Å². The largest absolute Gasteiger partial charge is 0.446 e. The number of carbonyl (C=O) groups excluding carboxylic acids is 1. The number of hydrogen-bond acceptors (Lipinski definition) is 6. The summed E-state index contributed by atoms with van der Waals surface area (Å²) in [5, 5.41) is 11.4. The fraction of sp³-hybridized carbons (Fsp3) is 0.500. The molecule has 0 unspecified atom stereocenters. The predicted octanol–water partition coefficient (Wildman–Crippen LogP) is 2.02. The summed E-state index contributed by atoms with van der Waals surface area (Å²) in [6.45, 7) is 2.58. The molecule has 9 heteroatoms. The predicted molar refractivity (Wildman–Crippen MR) is 76.5 cm³/mol. The quantitative estimate of drug-likeness (QED) is 0.519. The third-order valence-corrected chi connectivity index (χ3v) is 3.53. The van der Waals surface area contributed by atoms with Gasteiger partial charge in [0.1, 0.15) is 11.3 Å². The Morgan fingerprint density at radius 1 is 1.57 bits per heavy atom. The van der Waals surface area contributed by atoms with E-state index in [4.69, 9.17) is 22.1 Å². The van der Waals surface area contributed by atoms with Crippen LogP contribution in [-0.4, -0.2) is 35.2 Å². The number of anilines is 1. The summed E-state index contributed by atoms with van der Waals surface area (Å²) in [6.07, 6.45) is -0.00467. The number of nitro groups is 1. The van der Waals surface area contributed by atoms with Crippen molar-refractivity contribution in [3.63, 3.8) is 0 Å². The van der Waals surface area contributed by atoms with Crippen molar-refractivity contribution in [2.24, 2.45) is 5.73 Å². The third-order valence-electron chi connectivity index (χ3n) is 3.34. The molecule has 1 fully saturated rings. The molecule has 2 N–H and O–H groups in total. The van der Waals surface area contributed by atoms with Crippen molar-refractivity contribution < 1.29 is 14.5 Å². The molecule has 0 atom stereocenters. The summed E-state index contributed by atoms with van der Waals surface area (Å²) >= 11 is 5.90. The van der Waals surface area contributed by atoms with Gasteiger partial charge in [-0.25, -0.2) is 9.78 Å². The van der Waals surface area contributed by atoms with Crippen molar-refractivity contribution in [1.29, 1.82) is 0 Å². The molecule has 1 saturated heterocycles. The van der Waals surface area contributed by atoms with Crippen molar-refractivity contribution in [1.82, 2.24) is 4.98 Å². The standard InChI is InChI=1S/C12H15ClN4O4/c1-7-6-9(13)15-11(10(7)17(19)20)16-4-2-8(3-5-16)21-12(14)18/h6,8H,2-5H2,1H3,(H2,14,18). The summed E-state index contributed by atoms with van der Waals surface area (Å²) in [6, 6.07) is 1.46. The van der Waals surface area contributed by atoms with Crippen LogP contribution in [0.3, 0.4) is 0 Å². The molecule has 2 heterocycles. The second-order valence-corrected chi connectivity index (χ2v) is 5.20. The first-order valence-corrected chi connectivity index (χ1v) is 6.79. The number of aryl methyl sites for hydroxylation is 1. The highest BCUT2D eigenvalue weighted by atomic mass is 35.5. The number of rotatable bonds is 3. The molecule has 1 amide bonds. The van der Waals surface area contributed by atoms with E-state index in [1.54, 1.807) is 11.8 Å². The molecule has 21 heavy (non-hydrogen) atoms. The summed E-state index contributed by atoms with van der Waals surface area (Å²) < 4.78 is 4.93. The third kappa shape index (κ3) is 3.52. The summed E-state index contributed by atoms with van der Waals surface area (Å²) in [7, 11) is 0. The van der Waals surface area contributed by atoms with Gasteiger partial charge < -0.3 is 15.4 Å². The van der Waals surface area contributed by atoms with Gasteiger partial charge in [-0.1, -0.05) is 11.6 Å². The lowest BCUT2D eigenvalue weighted by atomic mass is 10.1. The van der Waals surface area contributed by atoms with Crippen LogP contribution in [0.2, 0.25) is 5.15 Å². The van der Waals surface area contributed by atoms with Gasteiger partial charge in [0, 0.05) is 31.5 Å². The van der Waals surface area contributed by atoms with E-state index in [1.807, 2.05) is 0 Å². The minimum Gasteiger partial charge on any atom is -0.446 e. The van der Waals surface area contributed by atoms with E-state index in [0.29, 0.717) is 31.5 Å². The van der Waals surface area contributed by atoms with Crippen molar-refractivity contribution in [3.8, 4) is 0 Å². The van der Waals surface area contributed by atoms with Gasteiger partial charge in [-0.2, -0.15) is 0 Å². The molecule has 0 radical (unpaired) electrons. The Hall–Kier alpha value is -2.09. The first kappa shape index (κ1) is 15.3. The first-order chi connectivity index (χ1) is 9.88. The summed E-state index contributed by atoms with van der Waals surface area (Å²) in [4.78, 5) is 27.3. The second kappa shape index (κ2) is 6.13. The molecule has 1 aliphatic heterocycles. The van der Waals surface area contributed by atoms with Crippen molar-refractivity contribution in [3.05, 3.63) is 26.9 Å². The second-order valence-electron chi connectivity index (χ2n) is 4.81. The average Bonchev–Trinajstić information content (AvgIpc) is 2.37. The maximum absolute atomic E-state index is 11.2. The first-order valence-electron chi connectivity index (χ1n) is 6.41. The van der Waals surface area contributed by atoms with E-state index < -0.39 is 11.0 Å². The molecule has 1 aromatic rings. The monoisotopic (exact) mass is 314 g/mol. The van der Waals surface area contributed by atoms with Gasteiger partial charge >= 0.3 is 11.8 Å². The van der Waals surface area contributed by atoms with Gasteiger partial charge in [-0.3, -0.25) is 10.1 Å². The van der Waals surface area contributed by atoms with Gasteiger partial charge in [-0.15, -0.1) is 0 Å². The van der Waals surface area contributed by atoms with E-state index in [9.17, 15) is 14.9 Å². The molecular formula is C12H15ClN4O4. The number of hydrogen-bond donors (Lipinski definition) is 1. The van der Waals surface area contributed by atoms with Crippen LogP contribution in [0.4, 0.5) is 16.3 Å². The number of nitrogens with zero attached hydrogens (tertiary/aromatic N) is 3. The van der Waals surface area contributed by atoms with Crippen molar-refractivity contribution >= 4 is 29.2 Å². The minimum atomic E-state index is -0.809. The highest BCUT2D eigenvalue weighted by Crippen LogP contribution is 2.33. The Morgan fingerprint density at radius 3 is 2.71 bits per heavy atom. The van der Waals surface area contributed by atoms with Gasteiger partial charge in [-0.05, 0) is 13.0 Å². The zero-order valence-corrected chi connectivity index (χ0v) is 12.2. The van der Waals surface area contributed by atoms with Crippen LogP contribution in [0.1, 0.15) is 18.4 Å². The fourth-order valence-electron chi connectivity index (χ4n) is 2.41. The lowest BCUT2D eigenvalue weighted by molar-refractivity contribution is -0.384. The average molecular weight is 315 g/mol. The van der Waals surface area contributed by atoms with Crippen LogP contribution in [-0.2, 0) is 4.74 Å². The van der Waals surface area contributed by atoms with Gasteiger partial charge in [0.15, 0.2) is 0 Å². The number of amides is 1. The zero-order chi connectivity index (χ0) is 15.6. The maximum Gasteiger partial charge on any atom is 0.404 e. The molecule has 0 bridgehead atoms. The molecule has 1 aliphatic rings. The lowest BCUT2D eigenvalue weighted by Gasteiger charge is -2.32. The number of primary amides is 1. The molecule has 0 aliphatic carbocycles. The van der Waals surface area contributed by atoms with Crippen molar-refractivity contribution in [2.45, 2.75) is 25.9 Å². The van der Waals surface area contributed by atoms with Crippen molar-refractivity contribution in [2.75, 3.05) is 18.0 Å². The van der Waals surface area contributed by atoms with Crippen LogP contribution >= 0.6 is 11.6 Å². The summed E-state index contributed by atoms with van der Waals surface area (Å²) in [5.74, 6) is 0.252. The molecule has 1 aromatic heterocycles. The number of carbonyl (C=O) groups is 1. The normalized spacial score (nSPS) is 15.8. The Labute approximate surface area is 126 Å². The Bertz CT molecular complexity index is 573. The Morgan fingerprint density at radius 2 is 2.19 bits per heavy atom. The number of aromatic nitrogens is 1. The molecule has 2 rings (SSSR count). The SMILES string of the molecule is Cc1cc(Cl)nc(N2CCC(OC(N)=O)CC2)c1[N+](=O)[O-]. The Balaban J connectivity index is 2.20. The fourth-order valence-corrected chi connectivity index (χ4v) is 2.65. The summed E-state index contributed by atoms with van der Waals surface area (Å²) in [5.41, 5.74) is 5.39. The van der Waals surface area contributed by atoms with Crippen LogP contribution in [0, 0.1) is 17.0 Å². The number of nitrogens with two attached hydrogens (primary N) is 1. The van der Waals surface area contributed by atoms with E-state index >= 15 is 0 Å². The van der Waals surface area contributed by atoms with Crippen LogP contribution in [0.25, 0.3) is 0 Å². The van der Waals surface area contributed by atoms with Crippen LogP contribution < -0.4 is 10.6 Å². The molecular weight excluding hydrogens is 300 g/mol. The number of halogens is 1. The van der Waals surface area contributed by atoms with Gasteiger partial charge in [0.05, 0.1) is 4.92 Å². The maximum atomic E-state index is 11.2. The number of piperidine rings is 1. The van der Waals surface area contributed by atoms with E-state index in [1.165, 1.54) is 6.07 Å². The van der Waals surface area contributed by atoms with E-state index in [0.717, 1.165) is 0 Å². The number of ether oxygens (including phenoxy) is 1. The Kier molecular flexibility index (Phi) is 4.46. The minimum absolute atomic E-state index is 0.0475. The molecule has 0 saturated carbocycles. The number of pyridine rings is 1. The van der Waals surface area contributed by atoms with Gasteiger partial charge in [0.2, 0.25) is 5.82 Å². The highest BCUT2D eigenvalue weighted by Gasteiger charge is 2.29. The smallest absolute Gasteiger partial charge is 0.404 e. The van der Waals surface area contributed by atoms with E-state index in [-0.39, 0.29) is 22.8 Å². The van der Waals surface area contributed by atoms with Crippen LogP contribution in [0.5, 0.6) is 0 Å². The topological polar surface area (TPSA) is 112 Å². The molecule has 114 valence electrons. The van der Waals surface area contributed by atoms with E-state index in [2.05, 4.69) is 4.98 Å². The zero-order valence-electron chi connectivity index (χ0n) is 11.4. The molecule has 0 aromatic carbocycles.